The van der Waals surface area contributed by atoms with E-state index in [0.717, 1.165) is 37.1 Å². The molecule has 0 radical (unpaired) electrons. The maximum atomic E-state index is 13.1. The number of rotatable bonds is 6. The minimum absolute atomic E-state index is 0.0686. The zero-order valence-corrected chi connectivity index (χ0v) is 17.4. The number of likely N-dealkylation sites (tertiary alicyclic amines) is 1. The van der Waals surface area contributed by atoms with Gasteiger partial charge in [0.2, 0.25) is 0 Å². The highest BCUT2D eigenvalue weighted by Gasteiger charge is 2.34. The minimum Gasteiger partial charge on any atom is -0.396 e. The molecule has 2 atom stereocenters. The van der Waals surface area contributed by atoms with Crippen molar-refractivity contribution in [3.63, 3.8) is 0 Å². The van der Waals surface area contributed by atoms with Crippen LogP contribution < -0.4 is 5.69 Å². The van der Waals surface area contributed by atoms with Crippen LogP contribution in [0.5, 0.6) is 0 Å². The summed E-state index contributed by atoms with van der Waals surface area (Å²) in [5, 5.41) is 10.1. The van der Waals surface area contributed by atoms with Gasteiger partial charge in [-0.25, -0.2) is 4.79 Å². The molecule has 2 fully saturated rings. The SMILES string of the molecule is CCn1c(=O)n([C@@H]2CCN(CCC3(C)CCCC3)C[C@H]2CO)c2ccccc21. The first-order valence-electron chi connectivity index (χ1n) is 11.1. The molecule has 2 aliphatic rings. The Bertz CT molecular complexity index is 862. The number of aromatic nitrogens is 2. The van der Waals surface area contributed by atoms with Crippen LogP contribution in [-0.4, -0.2) is 45.4 Å². The van der Waals surface area contributed by atoms with E-state index in [1.54, 1.807) is 0 Å². The van der Waals surface area contributed by atoms with E-state index in [4.69, 9.17) is 0 Å². The molecule has 1 aliphatic carbocycles. The number of imidazole rings is 1. The first-order valence-corrected chi connectivity index (χ1v) is 11.1. The molecule has 1 aromatic carbocycles. The molecule has 0 amide bonds. The Kier molecular flexibility index (Phi) is 5.66. The van der Waals surface area contributed by atoms with Crippen molar-refractivity contribution in [2.24, 2.45) is 11.3 Å². The van der Waals surface area contributed by atoms with Crippen LogP contribution in [-0.2, 0) is 6.54 Å². The second-order valence-corrected chi connectivity index (χ2v) is 9.25. The molecule has 1 N–H and O–H groups in total. The molecule has 1 aromatic heterocycles. The Hall–Kier alpha value is -1.59. The van der Waals surface area contributed by atoms with Crippen LogP contribution in [0.25, 0.3) is 11.0 Å². The number of aliphatic hydroxyl groups is 1. The molecule has 5 nitrogen and oxygen atoms in total. The van der Waals surface area contributed by atoms with Crippen molar-refractivity contribution in [3.05, 3.63) is 34.7 Å². The van der Waals surface area contributed by atoms with Crippen LogP contribution in [0.4, 0.5) is 0 Å². The van der Waals surface area contributed by atoms with E-state index in [2.05, 4.69) is 11.8 Å². The summed E-state index contributed by atoms with van der Waals surface area (Å²) in [6.07, 6.45) is 7.66. The summed E-state index contributed by atoms with van der Waals surface area (Å²) in [4.78, 5) is 15.7. The third-order valence-corrected chi connectivity index (χ3v) is 7.37. The molecule has 0 spiro atoms. The minimum atomic E-state index is 0.0686. The Morgan fingerprint density at radius 3 is 2.57 bits per heavy atom. The normalized spacial score (nSPS) is 25.5. The highest BCUT2D eigenvalue weighted by Crippen LogP contribution is 2.41. The smallest absolute Gasteiger partial charge is 0.329 e. The van der Waals surface area contributed by atoms with Gasteiger partial charge in [-0.3, -0.25) is 9.13 Å². The maximum absolute atomic E-state index is 13.1. The van der Waals surface area contributed by atoms with Gasteiger partial charge in [0.15, 0.2) is 0 Å². The Balaban J connectivity index is 1.53. The summed E-state index contributed by atoms with van der Waals surface area (Å²) in [7, 11) is 0. The molecular formula is C23H35N3O2. The van der Waals surface area contributed by atoms with Gasteiger partial charge in [0.05, 0.1) is 11.0 Å². The van der Waals surface area contributed by atoms with Gasteiger partial charge in [0, 0.05) is 38.2 Å². The molecule has 1 saturated heterocycles. The zero-order chi connectivity index (χ0) is 19.7. The predicted octanol–water partition coefficient (Wildman–Crippen LogP) is 3.65. The lowest BCUT2D eigenvalue weighted by atomic mass is 9.84. The fourth-order valence-electron chi connectivity index (χ4n) is 5.58. The lowest BCUT2D eigenvalue weighted by Gasteiger charge is -2.39. The fourth-order valence-corrected chi connectivity index (χ4v) is 5.58. The van der Waals surface area contributed by atoms with E-state index in [1.165, 1.54) is 32.1 Å². The molecule has 2 heterocycles. The van der Waals surface area contributed by atoms with Crippen molar-refractivity contribution in [2.75, 3.05) is 26.2 Å². The van der Waals surface area contributed by atoms with Gasteiger partial charge in [0.25, 0.3) is 0 Å². The van der Waals surface area contributed by atoms with Gasteiger partial charge in [-0.15, -0.1) is 0 Å². The Labute approximate surface area is 168 Å². The largest absolute Gasteiger partial charge is 0.396 e. The van der Waals surface area contributed by atoms with Crippen molar-refractivity contribution >= 4 is 11.0 Å². The topological polar surface area (TPSA) is 50.4 Å². The van der Waals surface area contributed by atoms with Crippen molar-refractivity contribution in [1.82, 2.24) is 14.0 Å². The molecule has 0 unspecified atom stereocenters. The summed E-state index contributed by atoms with van der Waals surface area (Å²) in [5.74, 6) is 0.110. The van der Waals surface area contributed by atoms with Gasteiger partial charge >= 0.3 is 5.69 Å². The van der Waals surface area contributed by atoms with Crippen molar-refractivity contribution in [2.45, 2.75) is 65.0 Å². The standard InChI is InChI=1S/C23H35N3O2/c1-3-25-20-8-4-5-9-21(20)26(22(25)28)19-10-14-24(16-18(19)17-27)15-13-23(2)11-6-7-12-23/h4-5,8-9,18-19,27H,3,6-7,10-17H2,1-2H3/t18-,19+/m0/s1. The Morgan fingerprint density at radius 2 is 1.89 bits per heavy atom. The summed E-state index contributed by atoms with van der Waals surface area (Å²) in [6, 6.07) is 8.15. The van der Waals surface area contributed by atoms with Gasteiger partial charge < -0.3 is 10.0 Å². The number of para-hydroxylation sites is 2. The molecular weight excluding hydrogens is 350 g/mol. The van der Waals surface area contributed by atoms with Crippen LogP contribution in [0, 0.1) is 11.3 Å². The number of hydrogen-bond acceptors (Lipinski definition) is 3. The summed E-state index contributed by atoms with van der Waals surface area (Å²) < 4.78 is 3.83. The predicted molar refractivity (Wildman–Crippen MR) is 114 cm³/mol. The molecule has 5 heteroatoms. The number of hydrogen-bond donors (Lipinski definition) is 1. The monoisotopic (exact) mass is 385 g/mol. The third-order valence-electron chi connectivity index (χ3n) is 7.37. The van der Waals surface area contributed by atoms with E-state index in [1.807, 2.05) is 40.3 Å². The third kappa shape index (κ3) is 3.55. The van der Waals surface area contributed by atoms with Crippen LogP contribution >= 0.6 is 0 Å². The van der Waals surface area contributed by atoms with E-state index in [9.17, 15) is 9.90 Å². The Morgan fingerprint density at radius 1 is 1.18 bits per heavy atom. The number of piperidine rings is 1. The number of fused-ring (bicyclic) bond motifs is 1. The van der Waals surface area contributed by atoms with Crippen molar-refractivity contribution in [3.8, 4) is 0 Å². The summed E-state index contributed by atoms with van der Waals surface area (Å²) >= 11 is 0. The van der Waals surface area contributed by atoms with Crippen LogP contribution in [0.1, 0.15) is 58.4 Å². The summed E-state index contributed by atoms with van der Waals surface area (Å²) in [5.41, 5.74) is 2.59. The number of nitrogens with zero attached hydrogens (tertiary/aromatic N) is 3. The first kappa shape index (κ1) is 19.7. The second kappa shape index (κ2) is 8.03. The van der Waals surface area contributed by atoms with E-state index in [0.29, 0.717) is 12.0 Å². The average Bonchev–Trinajstić information content (AvgIpc) is 3.27. The molecule has 2 aromatic rings. The van der Waals surface area contributed by atoms with Crippen molar-refractivity contribution in [1.29, 1.82) is 0 Å². The molecule has 1 aliphatic heterocycles. The molecule has 28 heavy (non-hydrogen) atoms. The van der Waals surface area contributed by atoms with Gasteiger partial charge in [-0.2, -0.15) is 0 Å². The molecule has 0 bridgehead atoms. The highest BCUT2D eigenvalue weighted by molar-refractivity contribution is 5.76. The number of aliphatic hydroxyl groups excluding tert-OH is 1. The first-order chi connectivity index (χ1) is 13.6. The zero-order valence-electron chi connectivity index (χ0n) is 17.4. The highest BCUT2D eigenvalue weighted by atomic mass is 16.3. The second-order valence-electron chi connectivity index (χ2n) is 9.25. The molecule has 1 saturated carbocycles. The maximum Gasteiger partial charge on any atom is 0.329 e. The average molecular weight is 386 g/mol. The fraction of sp³-hybridized carbons (Fsp3) is 0.696. The van der Waals surface area contributed by atoms with Crippen LogP contribution in [0.3, 0.4) is 0 Å². The number of aryl methyl sites for hydroxylation is 1. The quantitative estimate of drug-likeness (QED) is 0.826. The summed E-state index contributed by atoms with van der Waals surface area (Å²) in [6.45, 7) is 8.28. The number of benzene rings is 1. The lowest BCUT2D eigenvalue weighted by molar-refractivity contribution is 0.0687. The van der Waals surface area contributed by atoms with Crippen LogP contribution in [0.2, 0.25) is 0 Å². The van der Waals surface area contributed by atoms with E-state index >= 15 is 0 Å². The van der Waals surface area contributed by atoms with Crippen molar-refractivity contribution < 1.29 is 5.11 Å². The lowest BCUT2D eigenvalue weighted by Crippen LogP contribution is -2.46. The van der Waals surface area contributed by atoms with Gasteiger partial charge in [-0.1, -0.05) is 31.9 Å². The van der Waals surface area contributed by atoms with Gasteiger partial charge in [0.1, 0.15) is 0 Å². The molecule has 154 valence electrons. The van der Waals surface area contributed by atoms with Crippen LogP contribution in [0.15, 0.2) is 29.1 Å². The van der Waals surface area contributed by atoms with E-state index < -0.39 is 0 Å². The van der Waals surface area contributed by atoms with Gasteiger partial charge in [-0.05, 0) is 56.7 Å². The molecule has 4 rings (SSSR count). The van der Waals surface area contributed by atoms with E-state index in [-0.39, 0.29) is 24.3 Å².